The lowest BCUT2D eigenvalue weighted by Crippen LogP contribution is -2.37. The van der Waals surface area contributed by atoms with Gasteiger partial charge in [0.1, 0.15) is 11.8 Å². The zero-order valence-electron chi connectivity index (χ0n) is 10.3. The van der Waals surface area contributed by atoms with Gasteiger partial charge in [-0.25, -0.2) is 0 Å². The van der Waals surface area contributed by atoms with Crippen LogP contribution in [0.3, 0.4) is 0 Å². The van der Waals surface area contributed by atoms with Crippen LogP contribution < -0.4 is 15.4 Å². The van der Waals surface area contributed by atoms with Crippen LogP contribution in [0.15, 0.2) is 18.2 Å². The van der Waals surface area contributed by atoms with Gasteiger partial charge in [-0.1, -0.05) is 17.5 Å². The molecule has 0 radical (unpaired) electrons. The number of benzene rings is 1. The van der Waals surface area contributed by atoms with Gasteiger partial charge in [-0.2, -0.15) is 0 Å². The number of halogens is 1. The molecule has 0 aliphatic heterocycles. The normalized spacial score (nSPS) is 11.2. The molecule has 0 saturated carbocycles. The van der Waals surface area contributed by atoms with Crippen molar-refractivity contribution in [3.63, 3.8) is 0 Å². The molecule has 0 heterocycles. The first kappa shape index (κ1) is 14.2. The van der Waals surface area contributed by atoms with Crippen LogP contribution in [-0.4, -0.2) is 25.6 Å². The monoisotopic (exact) mass is 266 g/mol. The zero-order chi connectivity index (χ0) is 13.5. The van der Waals surface area contributed by atoms with E-state index in [9.17, 15) is 4.79 Å². The summed E-state index contributed by atoms with van der Waals surface area (Å²) in [6.45, 7) is 1.96. The number of methoxy groups -OCH3 is 1. The average molecular weight is 267 g/mol. The molecule has 18 heavy (non-hydrogen) atoms. The van der Waals surface area contributed by atoms with Crippen LogP contribution in [0.5, 0.6) is 5.75 Å². The highest BCUT2D eigenvalue weighted by Gasteiger charge is 2.12. The van der Waals surface area contributed by atoms with Crippen molar-refractivity contribution in [3.05, 3.63) is 23.2 Å². The van der Waals surface area contributed by atoms with E-state index in [4.69, 9.17) is 22.8 Å². The number of anilines is 1. The van der Waals surface area contributed by atoms with Gasteiger partial charge in [0.15, 0.2) is 0 Å². The van der Waals surface area contributed by atoms with Crippen LogP contribution in [0.2, 0.25) is 5.02 Å². The predicted molar refractivity (Wildman–Crippen MR) is 72.9 cm³/mol. The molecule has 0 unspecified atom stereocenters. The molecule has 0 fully saturated rings. The minimum atomic E-state index is -0.400. The van der Waals surface area contributed by atoms with Crippen LogP contribution in [0.25, 0.3) is 0 Å². The van der Waals surface area contributed by atoms with E-state index in [2.05, 4.69) is 16.6 Å². The number of hydrogen-bond acceptors (Lipinski definition) is 3. The van der Waals surface area contributed by atoms with Gasteiger partial charge in [0.2, 0.25) is 5.91 Å². The number of hydrogen-bond donors (Lipinski definition) is 2. The highest BCUT2D eigenvalue weighted by molar-refractivity contribution is 6.32. The molecule has 1 aromatic rings. The lowest BCUT2D eigenvalue weighted by Gasteiger charge is -2.15. The fourth-order valence-corrected chi connectivity index (χ4v) is 1.62. The number of rotatable bonds is 5. The Morgan fingerprint density at radius 2 is 2.33 bits per heavy atom. The molecular weight excluding hydrogens is 252 g/mol. The first-order valence-electron chi connectivity index (χ1n) is 5.39. The molecule has 0 aliphatic rings. The van der Waals surface area contributed by atoms with E-state index in [0.29, 0.717) is 10.8 Å². The summed E-state index contributed by atoms with van der Waals surface area (Å²) in [5, 5.41) is 6.10. The summed E-state index contributed by atoms with van der Waals surface area (Å²) in [4.78, 5) is 11.6. The van der Waals surface area contributed by atoms with Gasteiger partial charge in [-0.15, -0.1) is 6.42 Å². The van der Waals surface area contributed by atoms with Crippen molar-refractivity contribution in [2.45, 2.75) is 13.0 Å². The SMILES string of the molecule is C#CCNC(=O)[C@H](C)Nc1ccc(OC)c(Cl)c1. The van der Waals surface area contributed by atoms with Gasteiger partial charge in [0.05, 0.1) is 18.7 Å². The molecule has 0 aliphatic carbocycles. The molecule has 0 spiro atoms. The first-order valence-corrected chi connectivity index (χ1v) is 5.77. The van der Waals surface area contributed by atoms with Crippen LogP contribution in [-0.2, 0) is 4.79 Å². The predicted octanol–water partition coefficient (Wildman–Crippen LogP) is 1.90. The summed E-state index contributed by atoms with van der Waals surface area (Å²) in [6.07, 6.45) is 5.06. The van der Waals surface area contributed by atoms with E-state index in [1.165, 1.54) is 0 Å². The van der Waals surface area contributed by atoms with E-state index in [-0.39, 0.29) is 12.5 Å². The number of terminal acetylenes is 1. The van der Waals surface area contributed by atoms with Crippen molar-refractivity contribution in [3.8, 4) is 18.1 Å². The Kier molecular flexibility index (Phi) is 5.34. The Hall–Kier alpha value is -1.86. The van der Waals surface area contributed by atoms with E-state index >= 15 is 0 Å². The van der Waals surface area contributed by atoms with Crippen LogP contribution >= 0.6 is 11.6 Å². The molecule has 5 heteroatoms. The second kappa shape index (κ2) is 6.77. The fraction of sp³-hybridized carbons (Fsp3) is 0.308. The third-order valence-electron chi connectivity index (χ3n) is 2.29. The molecule has 4 nitrogen and oxygen atoms in total. The highest BCUT2D eigenvalue weighted by Crippen LogP contribution is 2.27. The third-order valence-corrected chi connectivity index (χ3v) is 2.59. The summed E-state index contributed by atoms with van der Waals surface area (Å²) in [5.41, 5.74) is 0.740. The molecule has 0 bridgehead atoms. The third kappa shape index (κ3) is 3.86. The molecule has 96 valence electrons. The van der Waals surface area contributed by atoms with Gasteiger partial charge >= 0.3 is 0 Å². The summed E-state index contributed by atoms with van der Waals surface area (Å²) in [7, 11) is 1.55. The maximum Gasteiger partial charge on any atom is 0.242 e. The molecule has 1 rings (SSSR count). The fourth-order valence-electron chi connectivity index (χ4n) is 1.36. The van der Waals surface area contributed by atoms with Crippen molar-refractivity contribution in [2.24, 2.45) is 0 Å². The summed E-state index contributed by atoms with van der Waals surface area (Å²) in [5.74, 6) is 2.77. The molecule has 0 saturated heterocycles. The molecule has 1 atom stereocenters. The number of carbonyl (C=O) groups excluding carboxylic acids is 1. The smallest absolute Gasteiger partial charge is 0.242 e. The van der Waals surface area contributed by atoms with Crippen molar-refractivity contribution in [2.75, 3.05) is 19.0 Å². The molecule has 1 aromatic carbocycles. The second-order valence-corrected chi connectivity index (χ2v) is 4.04. The zero-order valence-corrected chi connectivity index (χ0v) is 11.0. The van der Waals surface area contributed by atoms with Gasteiger partial charge in [-0.3, -0.25) is 4.79 Å². The Bertz CT molecular complexity index is 469. The first-order chi connectivity index (χ1) is 8.58. The average Bonchev–Trinajstić information content (AvgIpc) is 2.36. The van der Waals surface area contributed by atoms with Gasteiger partial charge in [0.25, 0.3) is 0 Å². The minimum absolute atomic E-state index is 0.167. The topological polar surface area (TPSA) is 50.4 Å². The maximum atomic E-state index is 11.6. The molecule has 1 amide bonds. The standard InChI is InChI=1S/C13H15ClN2O2/c1-4-7-15-13(17)9(2)16-10-5-6-12(18-3)11(14)8-10/h1,5-6,8-9,16H,7H2,2-3H3,(H,15,17)/t9-/m0/s1. The number of ether oxygens (including phenoxy) is 1. The van der Waals surface area contributed by atoms with Crippen molar-refractivity contribution in [1.82, 2.24) is 5.32 Å². The van der Waals surface area contributed by atoms with Gasteiger partial charge in [0, 0.05) is 5.69 Å². The molecular formula is C13H15ClN2O2. The maximum absolute atomic E-state index is 11.6. The van der Waals surface area contributed by atoms with Gasteiger partial charge in [-0.05, 0) is 25.1 Å². The number of amides is 1. The second-order valence-electron chi connectivity index (χ2n) is 3.64. The lowest BCUT2D eigenvalue weighted by molar-refractivity contribution is -0.121. The minimum Gasteiger partial charge on any atom is -0.495 e. The molecule has 2 N–H and O–H groups in total. The number of nitrogens with one attached hydrogen (secondary N) is 2. The quantitative estimate of drug-likeness (QED) is 0.801. The Morgan fingerprint density at radius 3 is 2.89 bits per heavy atom. The van der Waals surface area contributed by atoms with Crippen LogP contribution in [0, 0.1) is 12.3 Å². The van der Waals surface area contributed by atoms with Crippen LogP contribution in [0.1, 0.15) is 6.92 Å². The van der Waals surface area contributed by atoms with Crippen molar-refractivity contribution < 1.29 is 9.53 Å². The lowest BCUT2D eigenvalue weighted by atomic mass is 10.2. The van der Waals surface area contributed by atoms with Crippen molar-refractivity contribution in [1.29, 1.82) is 0 Å². The van der Waals surface area contributed by atoms with Gasteiger partial charge < -0.3 is 15.4 Å². The summed E-state index contributed by atoms with van der Waals surface area (Å²) >= 11 is 5.98. The van der Waals surface area contributed by atoms with E-state index in [0.717, 1.165) is 5.69 Å². The largest absolute Gasteiger partial charge is 0.495 e. The summed E-state index contributed by atoms with van der Waals surface area (Å²) < 4.78 is 5.04. The Labute approximate surface area is 112 Å². The highest BCUT2D eigenvalue weighted by atomic mass is 35.5. The van der Waals surface area contributed by atoms with E-state index in [1.807, 2.05) is 0 Å². The van der Waals surface area contributed by atoms with Crippen molar-refractivity contribution >= 4 is 23.2 Å². The Morgan fingerprint density at radius 1 is 1.61 bits per heavy atom. The van der Waals surface area contributed by atoms with E-state index < -0.39 is 6.04 Å². The van der Waals surface area contributed by atoms with E-state index in [1.54, 1.807) is 32.2 Å². The Balaban J connectivity index is 2.65. The molecule has 0 aromatic heterocycles. The van der Waals surface area contributed by atoms with Crippen LogP contribution in [0.4, 0.5) is 5.69 Å². The number of carbonyl (C=O) groups is 1. The summed E-state index contributed by atoms with van der Waals surface area (Å²) in [6, 6.07) is 4.82.